The first-order valence-corrected chi connectivity index (χ1v) is 10.6. The Kier molecular flexibility index (Phi) is 6.04. The highest BCUT2D eigenvalue weighted by Gasteiger charge is 2.14. The summed E-state index contributed by atoms with van der Waals surface area (Å²) in [7, 11) is 1.61. The molecule has 7 heteroatoms. The molecule has 1 N–H and O–H groups in total. The Morgan fingerprint density at radius 2 is 2.00 bits per heavy atom. The SMILES string of the molecule is COc1cc2c(cc1NC(=O)CSCCN1CCOCC1)oc1ccccc12. The van der Waals surface area contributed by atoms with E-state index in [-0.39, 0.29) is 5.91 Å². The molecule has 1 amide bonds. The molecule has 148 valence electrons. The van der Waals surface area contributed by atoms with Gasteiger partial charge in [0.15, 0.2) is 0 Å². The van der Waals surface area contributed by atoms with E-state index >= 15 is 0 Å². The number of carbonyl (C=O) groups is 1. The van der Waals surface area contributed by atoms with Crippen LogP contribution in [0.2, 0.25) is 0 Å². The van der Waals surface area contributed by atoms with Crippen LogP contribution in [0.4, 0.5) is 5.69 Å². The zero-order valence-corrected chi connectivity index (χ0v) is 16.7. The van der Waals surface area contributed by atoms with Crippen LogP contribution in [0, 0.1) is 0 Å². The lowest BCUT2D eigenvalue weighted by Crippen LogP contribution is -2.37. The van der Waals surface area contributed by atoms with E-state index in [1.807, 2.05) is 36.4 Å². The molecule has 1 aliphatic rings. The van der Waals surface area contributed by atoms with Gasteiger partial charge in [0.2, 0.25) is 5.91 Å². The lowest BCUT2D eigenvalue weighted by Gasteiger charge is -2.26. The van der Waals surface area contributed by atoms with Crippen molar-refractivity contribution in [2.75, 3.05) is 56.8 Å². The molecule has 6 nitrogen and oxygen atoms in total. The van der Waals surface area contributed by atoms with Gasteiger partial charge in [0.25, 0.3) is 0 Å². The first kappa shape index (κ1) is 19.1. The second kappa shape index (κ2) is 8.86. The first-order valence-electron chi connectivity index (χ1n) is 9.41. The number of nitrogens with one attached hydrogen (secondary N) is 1. The highest BCUT2D eigenvalue weighted by molar-refractivity contribution is 7.99. The zero-order valence-electron chi connectivity index (χ0n) is 15.9. The number of hydrogen-bond donors (Lipinski definition) is 1. The summed E-state index contributed by atoms with van der Waals surface area (Å²) in [5.41, 5.74) is 2.19. The third kappa shape index (κ3) is 4.27. The standard InChI is InChI=1S/C21H24N2O4S/c1-25-20-12-16-15-4-2-3-5-18(15)27-19(16)13-17(20)22-21(24)14-28-11-8-23-6-9-26-10-7-23/h2-5,12-13H,6-11,14H2,1H3,(H,22,24). The van der Waals surface area contributed by atoms with Crippen molar-refractivity contribution in [1.82, 2.24) is 4.90 Å². The second-order valence-corrected chi connectivity index (χ2v) is 7.81. The number of hydrogen-bond acceptors (Lipinski definition) is 6. The second-order valence-electron chi connectivity index (χ2n) is 6.70. The molecule has 2 aromatic carbocycles. The number of carbonyl (C=O) groups excluding carboxylic acids is 1. The Hall–Kier alpha value is -2.22. The van der Waals surface area contributed by atoms with Gasteiger partial charge >= 0.3 is 0 Å². The van der Waals surface area contributed by atoms with E-state index < -0.39 is 0 Å². The maximum atomic E-state index is 12.4. The summed E-state index contributed by atoms with van der Waals surface area (Å²) in [6, 6.07) is 11.6. The monoisotopic (exact) mass is 400 g/mol. The molecule has 0 unspecified atom stereocenters. The van der Waals surface area contributed by atoms with Crippen LogP contribution in [0.25, 0.3) is 21.9 Å². The summed E-state index contributed by atoms with van der Waals surface area (Å²) < 4.78 is 16.8. The van der Waals surface area contributed by atoms with E-state index in [0.717, 1.165) is 60.5 Å². The van der Waals surface area contributed by atoms with Gasteiger partial charge in [0, 0.05) is 42.2 Å². The molecule has 1 aromatic heterocycles. The highest BCUT2D eigenvalue weighted by Crippen LogP contribution is 2.36. The van der Waals surface area contributed by atoms with Crippen LogP contribution in [0.15, 0.2) is 40.8 Å². The van der Waals surface area contributed by atoms with Crippen molar-refractivity contribution in [1.29, 1.82) is 0 Å². The number of fused-ring (bicyclic) bond motifs is 3. The Balaban J connectivity index is 1.39. The van der Waals surface area contributed by atoms with E-state index in [1.165, 1.54) is 0 Å². The molecule has 28 heavy (non-hydrogen) atoms. The number of nitrogens with zero attached hydrogens (tertiary/aromatic N) is 1. The number of anilines is 1. The number of furan rings is 1. The van der Waals surface area contributed by atoms with Crippen LogP contribution in [-0.2, 0) is 9.53 Å². The molecular weight excluding hydrogens is 376 g/mol. The molecule has 1 fully saturated rings. The Morgan fingerprint density at radius 1 is 1.18 bits per heavy atom. The van der Waals surface area contributed by atoms with Gasteiger partial charge in [-0.1, -0.05) is 18.2 Å². The molecule has 2 heterocycles. The molecule has 0 spiro atoms. The maximum Gasteiger partial charge on any atom is 0.234 e. The van der Waals surface area contributed by atoms with E-state index in [0.29, 0.717) is 17.2 Å². The third-order valence-corrected chi connectivity index (χ3v) is 5.80. The van der Waals surface area contributed by atoms with Crippen molar-refractivity contribution < 1.29 is 18.7 Å². The van der Waals surface area contributed by atoms with Crippen molar-refractivity contribution in [3.05, 3.63) is 36.4 Å². The average molecular weight is 401 g/mol. The van der Waals surface area contributed by atoms with Crippen molar-refractivity contribution in [2.24, 2.45) is 0 Å². The molecule has 0 radical (unpaired) electrons. The predicted molar refractivity (Wildman–Crippen MR) is 113 cm³/mol. The number of ether oxygens (including phenoxy) is 2. The molecular formula is C21H24N2O4S. The Bertz CT molecular complexity index is 966. The number of benzene rings is 2. The van der Waals surface area contributed by atoms with Crippen molar-refractivity contribution >= 4 is 45.3 Å². The summed E-state index contributed by atoms with van der Waals surface area (Å²) in [5.74, 6) is 1.92. The molecule has 3 aromatic rings. The number of rotatable bonds is 7. The minimum absolute atomic E-state index is 0.0410. The fourth-order valence-electron chi connectivity index (χ4n) is 3.39. The van der Waals surface area contributed by atoms with Crippen LogP contribution in [0.3, 0.4) is 0 Å². The fraction of sp³-hybridized carbons (Fsp3) is 0.381. The summed E-state index contributed by atoms with van der Waals surface area (Å²) in [5, 5.41) is 4.97. The van der Waals surface area contributed by atoms with Gasteiger partial charge in [-0.05, 0) is 12.1 Å². The van der Waals surface area contributed by atoms with E-state index in [9.17, 15) is 4.79 Å². The molecule has 4 rings (SSSR count). The van der Waals surface area contributed by atoms with Gasteiger partial charge in [-0.2, -0.15) is 11.8 Å². The lowest BCUT2D eigenvalue weighted by molar-refractivity contribution is -0.113. The fourth-order valence-corrected chi connectivity index (χ4v) is 4.18. The summed E-state index contributed by atoms with van der Waals surface area (Å²) in [6.45, 7) is 4.53. The van der Waals surface area contributed by atoms with Gasteiger partial charge < -0.3 is 19.2 Å². The van der Waals surface area contributed by atoms with Crippen LogP contribution in [0.5, 0.6) is 5.75 Å². The lowest BCUT2D eigenvalue weighted by atomic mass is 10.1. The van der Waals surface area contributed by atoms with Crippen LogP contribution >= 0.6 is 11.8 Å². The van der Waals surface area contributed by atoms with Crippen molar-refractivity contribution in [3.8, 4) is 5.75 Å². The minimum Gasteiger partial charge on any atom is -0.495 e. The number of para-hydroxylation sites is 1. The van der Waals surface area contributed by atoms with Gasteiger partial charge in [0.05, 0.1) is 31.8 Å². The van der Waals surface area contributed by atoms with Crippen LogP contribution < -0.4 is 10.1 Å². The molecule has 0 saturated carbocycles. The van der Waals surface area contributed by atoms with Gasteiger partial charge in [-0.3, -0.25) is 9.69 Å². The molecule has 0 bridgehead atoms. The third-order valence-electron chi connectivity index (χ3n) is 4.86. The largest absolute Gasteiger partial charge is 0.495 e. The number of morpholine rings is 1. The van der Waals surface area contributed by atoms with Gasteiger partial charge in [-0.15, -0.1) is 0 Å². The van der Waals surface area contributed by atoms with Gasteiger partial charge in [-0.25, -0.2) is 0 Å². The first-order chi connectivity index (χ1) is 13.7. The maximum absolute atomic E-state index is 12.4. The Labute approximate surface area is 168 Å². The van der Waals surface area contributed by atoms with E-state index in [1.54, 1.807) is 18.9 Å². The van der Waals surface area contributed by atoms with Crippen molar-refractivity contribution in [3.63, 3.8) is 0 Å². The normalized spacial score (nSPS) is 15.2. The number of methoxy groups -OCH3 is 1. The van der Waals surface area contributed by atoms with Gasteiger partial charge in [0.1, 0.15) is 16.9 Å². The van der Waals surface area contributed by atoms with Crippen molar-refractivity contribution in [2.45, 2.75) is 0 Å². The van der Waals surface area contributed by atoms with E-state index in [2.05, 4.69) is 10.2 Å². The predicted octanol–water partition coefficient (Wildman–Crippen LogP) is 3.60. The topological polar surface area (TPSA) is 63.9 Å². The quantitative estimate of drug-likeness (QED) is 0.612. The average Bonchev–Trinajstić information content (AvgIpc) is 3.08. The molecule has 1 saturated heterocycles. The summed E-state index contributed by atoms with van der Waals surface area (Å²) in [6.07, 6.45) is 0. The Morgan fingerprint density at radius 3 is 2.82 bits per heavy atom. The summed E-state index contributed by atoms with van der Waals surface area (Å²) >= 11 is 1.64. The van der Waals surface area contributed by atoms with Crippen LogP contribution in [-0.4, -0.2) is 62.3 Å². The molecule has 0 atom stereocenters. The highest BCUT2D eigenvalue weighted by atomic mass is 32.2. The number of thioether (sulfide) groups is 1. The zero-order chi connectivity index (χ0) is 19.3. The van der Waals surface area contributed by atoms with E-state index in [4.69, 9.17) is 13.9 Å². The molecule has 1 aliphatic heterocycles. The minimum atomic E-state index is -0.0410. The number of amides is 1. The van der Waals surface area contributed by atoms with Crippen LogP contribution in [0.1, 0.15) is 0 Å². The molecule has 0 aliphatic carbocycles. The summed E-state index contributed by atoms with van der Waals surface area (Å²) in [4.78, 5) is 14.8. The smallest absolute Gasteiger partial charge is 0.234 e.